The Balaban J connectivity index is 1.64. The molecule has 0 spiro atoms. The minimum atomic E-state index is -0.788. The predicted molar refractivity (Wildman–Crippen MR) is 111 cm³/mol. The molecule has 160 valence electrons. The number of carbonyl (C=O) groups excluding carboxylic acids is 3. The average Bonchev–Trinajstić information content (AvgIpc) is 2.74. The lowest BCUT2D eigenvalue weighted by Crippen LogP contribution is -2.30. The van der Waals surface area contributed by atoms with Crippen LogP contribution in [0.4, 0.5) is 4.79 Å². The largest absolute Gasteiger partial charge is 0.513 e. The van der Waals surface area contributed by atoms with E-state index in [0.717, 1.165) is 11.3 Å². The summed E-state index contributed by atoms with van der Waals surface area (Å²) in [5, 5.41) is 5.61. The average molecular weight is 414 g/mol. The van der Waals surface area contributed by atoms with E-state index >= 15 is 0 Å². The fourth-order valence-electron chi connectivity index (χ4n) is 2.53. The Kier molecular flexibility index (Phi) is 9.18. The lowest BCUT2D eigenvalue weighted by molar-refractivity contribution is -0.120. The summed E-state index contributed by atoms with van der Waals surface area (Å²) in [6.45, 7) is 2.78. The van der Waals surface area contributed by atoms with Gasteiger partial charge in [-0.2, -0.15) is 0 Å². The molecule has 2 amide bonds. The van der Waals surface area contributed by atoms with Crippen molar-refractivity contribution in [2.75, 3.05) is 26.8 Å². The van der Waals surface area contributed by atoms with E-state index in [9.17, 15) is 14.4 Å². The third-order valence-electron chi connectivity index (χ3n) is 4.06. The molecule has 0 unspecified atom stereocenters. The van der Waals surface area contributed by atoms with Gasteiger partial charge in [-0.3, -0.25) is 9.59 Å². The molecule has 0 saturated heterocycles. The number of rotatable bonds is 10. The fraction of sp³-hybridized carbons (Fsp3) is 0.318. The first-order valence-electron chi connectivity index (χ1n) is 9.64. The van der Waals surface area contributed by atoms with Crippen molar-refractivity contribution in [3.63, 3.8) is 0 Å². The van der Waals surface area contributed by atoms with Gasteiger partial charge < -0.3 is 24.8 Å². The van der Waals surface area contributed by atoms with Gasteiger partial charge >= 0.3 is 6.16 Å². The highest BCUT2D eigenvalue weighted by Crippen LogP contribution is 2.13. The molecule has 0 radical (unpaired) electrons. The Morgan fingerprint density at radius 2 is 1.50 bits per heavy atom. The molecule has 2 aromatic rings. The Hall–Kier alpha value is -3.55. The first-order chi connectivity index (χ1) is 14.5. The van der Waals surface area contributed by atoms with E-state index in [4.69, 9.17) is 9.47 Å². The van der Waals surface area contributed by atoms with Crippen LogP contribution in [0.5, 0.6) is 11.5 Å². The van der Waals surface area contributed by atoms with Gasteiger partial charge in [-0.1, -0.05) is 12.1 Å². The molecule has 2 aromatic carbocycles. The molecule has 30 heavy (non-hydrogen) atoms. The van der Waals surface area contributed by atoms with E-state index in [0.29, 0.717) is 30.8 Å². The SMILES string of the molecule is CCOC(=O)Oc1ccc(C(=O)NCCCNC(=O)Cc2ccc(OC)cc2)cc1. The number of benzene rings is 2. The second-order valence-corrected chi connectivity index (χ2v) is 6.29. The number of nitrogens with one attached hydrogen (secondary N) is 2. The lowest BCUT2D eigenvalue weighted by Gasteiger charge is -2.08. The van der Waals surface area contributed by atoms with E-state index in [1.807, 2.05) is 24.3 Å². The maximum atomic E-state index is 12.1. The third kappa shape index (κ3) is 7.83. The summed E-state index contributed by atoms with van der Waals surface area (Å²) in [6.07, 6.45) is 0.101. The molecule has 2 N–H and O–H groups in total. The van der Waals surface area contributed by atoms with E-state index in [1.54, 1.807) is 26.2 Å². The van der Waals surface area contributed by atoms with Crippen LogP contribution < -0.4 is 20.1 Å². The van der Waals surface area contributed by atoms with E-state index in [1.165, 1.54) is 12.1 Å². The number of amides is 2. The second-order valence-electron chi connectivity index (χ2n) is 6.29. The molecule has 0 atom stereocenters. The topological polar surface area (TPSA) is 103 Å². The molecule has 0 aliphatic carbocycles. The fourth-order valence-corrected chi connectivity index (χ4v) is 2.53. The highest BCUT2D eigenvalue weighted by Gasteiger charge is 2.08. The van der Waals surface area contributed by atoms with Crippen LogP contribution in [0.2, 0.25) is 0 Å². The predicted octanol–water partition coefficient (Wildman–Crippen LogP) is 2.71. The van der Waals surface area contributed by atoms with Crippen molar-refractivity contribution in [1.82, 2.24) is 10.6 Å². The summed E-state index contributed by atoms with van der Waals surface area (Å²) >= 11 is 0. The molecule has 8 heteroatoms. The van der Waals surface area contributed by atoms with Gasteiger partial charge in [0.05, 0.1) is 20.1 Å². The van der Waals surface area contributed by atoms with Crippen LogP contribution in [0.25, 0.3) is 0 Å². The molecule has 8 nitrogen and oxygen atoms in total. The van der Waals surface area contributed by atoms with Crippen LogP contribution in [-0.4, -0.2) is 44.8 Å². The number of methoxy groups -OCH3 is 1. The van der Waals surface area contributed by atoms with Crippen LogP contribution in [0.1, 0.15) is 29.3 Å². The zero-order chi connectivity index (χ0) is 21.8. The normalized spacial score (nSPS) is 10.1. The second kappa shape index (κ2) is 12.1. The standard InChI is InChI=1S/C22H26N2O6/c1-3-29-22(27)30-19-11-7-17(8-12-19)21(26)24-14-4-13-23-20(25)15-16-5-9-18(28-2)10-6-16/h5-12H,3-4,13-15H2,1-2H3,(H,23,25)(H,24,26). The summed E-state index contributed by atoms with van der Waals surface area (Å²) in [6, 6.07) is 13.5. The third-order valence-corrected chi connectivity index (χ3v) is 4.06. The van der Waals surface area contributed by atoms with Crippen LogP contribution in [0, 0.1) is 0 Å². The van der Waals surface area contributed by atoms with Crippen molar-refractivity contribution in [3.05, 3.63) is 59.7 Å². The summed E-state index contributed by atoms with van der Waals surface area (Å²) in [7, 11) is 1.59. The van der Waals surface area contributed by atoms with E-state index < -0.39 is 6.16 Å². The lowest BCUT2D eigenvalue weighted by atomic mass is 10.1. The number of hydrogen-bond donors (Lipinski definition) is 2. The van der Waals surface area contributed by atoms with Gasteiger partial charge in [-0.25, -0.2) is 4.79 Å². The van der Waals surface area contributed by atoms with Gasteiger partial charge in [0.2, 0.25) is 5.91 Å². The Morgan fingerprint density at radius 3 is 2.13 bits per heavy atom. The van der Waals surface area contributed by atoms with Crippen molar-refractivity contribution < 1.29 is 28.6 Å². The van der Waals surface area contributed by atoms with Gasteiger partial charge in [0.15, 0.2) is 0 Å². The maximum absolute atomic E-state index is 12.1. The van der Waals surface area contributed by atoms with Gasteiger partial charge in [0, 0.05) is 18.7 Å². The smallest absolute Gasteiger partial charge is 0.497 e. The highest BCUT2D eigenvalue weighted by molar-refractivity contribution is 5.94. The number of carbonyl (C=O) groups is 3. The molecule has 0 aliphatic rings. The first kappa shape index (κ1) is 22.7. The molecule has 0 saturated carbocycles. The van der Waals surface area contributed by atoms with E-state index in [2.05, 4.69) is 15.4 Å². The molecular weight excluding hydrogens is 388 g/mol. The van der Waals surface area contributed by atoms with Crippen molar-refractivity contribution in [3.8, 4) is 11.5 Å². The Bertz CT molecular complexity index is 834. The van der Waals surface area contributed by atoms with Crippen molar-refractivity contribution in [1.29, 1.82) is 0 Å². The zero-order valence-corrected chi connectivity index (χ0v) is 17.1. The number of ether oxygens (including phenoxy) is 3. The number of hydrogen-bond acceptors (Lipinski definition) is 6. The molecule has 0 heterocycles. The van der Waals surface area contributed by atoms with Crippen LogP contribution in [0.15, 0.2) is 48.5 Å². The zero-order valence-electron chi connectivity index (χ0n) is 17.1. The summed E-state index contributed by atoms with van der Waals surface area (Å²) < 4.78 is 14.7. The van der Waals surface area contributed by atoms with Gasteiger partial charge in [0.25, 0.3) is 5.91 Å². The quantitative estimate of drug-likeness (QED) is 0.352. The Labute approximate surface area is 175 Å². The molecule has 2 rings (SSSR count). The van der Waals surface area contributed by atoms with Crippen LogP contribution in [0.3, 0.4) is 0 Å². The van der Waals surface area contributed by atoms with Crippen molar-refractivity contribution in [2.45, 2.75) is 19.8 Å². The first-order valence-corrected chi connectivity index (χ1v) is 9.64. The van der Waals surface area contributed by atoms with Gasteiger partial charge in [0.1, 0.15) is 11.5 Å². The minimum absolute atomic E-state index is 0.0799. The molecule has 0 aromatic heterocycles. The maximum Gasteiger partial charge on any atom is 0.513 e. The van der Waals surface area contributed by atoms with E-state index in [-0.39, 0.29) is 24.8 Å². The molecular formula is C22H26N2O6. The monoisotopic (exact) mass is 414 g/mol. The molecule has 0 bridgehead atoms. The van der Waals surface area contributed by atoms with Crippen molar-refractivity contribution >= 4 is 18.0 Å². The van der Waals surface area contributed by atoms with Gasteiger partial charge in [-0.05, 0) is 55.3 Å². The molecule has 0 fully saturated rings. The van der Waals surface area contributed by atoms with Crippen molar-refractivity contribution in [2.24, 2.45) is 0 Å². The minimum Gasteiger partial charge on any atom is -0.497 e. The van der Waals surface area contributed by atoms with Crippen LogP contribution in [-0.2, 0) is 16.0 Å². The highest BCUT2D eigenvalue weighted by atomic mass is 16.7. The summed E-state index contributed by atoms with van der Waals surface area (Å²) in [5.41, 5.74) is 1.34. The summed E-state index contributed by atoms with van der Waals surface area (Å²) in [5.74, 6) is 0.714. The van der Waals surface area contributed by atoms with Crippen LogP contribution >= 0.6 is 0 Å². The Morgan fingerprint density at radius 1 is 0.867 bits per heavy atom. The summed E-state index contributed by atoms with van der Waals surface area (Å²) in [4.78, 5) is 35.3. The molecule has 0 aliphatic heterocycles. The van der Waals surface area contributed by atoms with Gasteiger partial charge in [-0.15, -0.1) is 0 Å².